The van der Waals surface area contributed by atoms with Crippen molar-refractivity contribution in [3.8, 4) is 5.75 Å². The quantitative estimate of drug-likeness (QED) is 0.605. The number of hydrogen-bond donors (Lipinski definition) is 0. The minimum absolute atomic E-state index is 0.316. The second kappa shape index (κ2) is 4.37. The topological polar surface area (TPSA) is 26.3 Å². The maximum atomic E-state index is 13.2. The van der Waals surface area contributed by atoms with Crippen LogP contribution in [0.25, 0.3) is 0 Å². The van der Waals surface area contributed by atoms with Crippen molar-refractivity contribution in [2.75, 3.05) is 7.11 Å². The van der Waals surface area contributed by atoms with Gasteiger partial charge in [0.1, 0.15) is 17.9 Å². The van der Waals surface area contributed by atoms with E-state index in [2.05, 4.69) is 15.9 Å². The molecule has 0 saturated heterocycles. The number of carbonyl (C=O) groups excluding carboxylic acids is 1. The smallest absolute Gasteiger partial charge is 0.138 e. The van der Waals surface area contributed by atoms with Crippen molar-refractivity contribution in [2.24, 2.45) is 0 Å². The van der Waals surface area contributed by atoms with E-state index in [0.29, 0.717) is 17.6 Å². The number of aldehydes is 1. The van der Waals surface area contributed by atoms with E-state index in [0.717, 1.165) is 0 Å². The van der Waals surface area contributed by atoms with E-state index in [1.165, 1.54) is 19.2 Å². The summed E-state index contributed by atoms with van der Waals surface area (Å²) in [7, 11) is 1.46. The lowest BCUT2D eigenvalue weighted by molar-refractivity contribution is -0.107. The number of carbonyl (C=O) groups is 1. The first-order valence-electron chi connectivity index (χ1n) is 3.62. The Balaban J connectivity index is 3.04. The van der Waals surface area contributed by atoms with Crippen LogP contribution in [-0.2, 0) is 4.79 Å². The Labute approximate surface area is 83.8 Å². The van der Waals surface area contributed by atoms with Gasteiger partial charge in [0.05, 0.1) is 11.9 Å². The molecule has 0 saturated carbocycles. The molecule has 0 heterocycles. The van der Waals surface area contributed by atoms with Crippen LogP contribution in [-0.4, -0.2) is 13.4 Å². The fraction of sp³-hybridized carbons (Fsp3) is 0.222. The Kier molecular flexibility index (Phi) is 3.42. The number of methoxy groups -OCH3 is 1. The summed E-state index contributed by atoms with van der Waals surface area (Å²) < 4.78 is 18.0. The summed E-state index contributed by atoms with van der Waals surface area (Å²) in [6.45, 7) is 0. The highest BCUT2D eigenvalue weighted by Gasteiger charge is 2.11. The molecule has 0 aromatic heterocycles. The van der Waals surface area contributed by atoms with Crippen LogP contribution in [0.2, 0.25) is 0 Å². The summed E-state index contributed by atoms with van der Waals surface area (Å²) in [4.78, 5) is 9.77. The van der Waals surface area contributed by atoms with Gasteiger partial charge in [-0.25, -0.2) is 4.39 Å². The van der Waals surface area contributed by atoms with Crippen LogP contribution in [0.1, 0.15) is 10.4 Å². The maximum Gasteiger partial charge on any atom is 0.138 e. The van der Waals surface area contributed by atoms with Crippen molar-refractivity contribution in [2.45, 2.75) is 4.83 Å². The molecule has 1 aromatic rings. The van der Waals surface area contributed by atoms with Gasteiger partial charge >= 0.3 is 0 Å². The molecule has 2 nitrogen and oxygen atoms in total. The van der Waals surface area contributed by atoms with E-state index in [4.69, 9.17) is 4.74 Å². The zero-order valence-corrected chi connectivity index (χ0v) is 8.55. The fourth-order valence-corrected chi connectivity index (χ4v) is 1.30. The molecule has 0 spiro atoms. The molecule has 4 heteroatoms. The Morgan fingerprint density at radius 3 is 2.77 bits per heavy atom. The van der Waals surface area contributed by atoms with Gasteiger partial charge in [-0.2, -0.15) is 0 Å². The summed E-state index contributed by atoms with van der Waals surface area (Å²) in [5.41, 5.74) is 0.316. The largest absolute Gasteiger partial charge is 0.497 e. The predicted molar refractivity (Wildman–Crippen MR) is 50.7 cm³/mol. The number of halogens is 2. The van der Waals surface area contributed by atoms with E-state index in [-0.39, 0.29) is 0 Å². The standard InChI is InChI=1S/C9H8BrFO2/c1-13-6-2-3-7(8(10)5-12)9(11)4-6/h2-5,8H,1H3. The molecule has 0 radical (unpaired) electrons. The molecule has 0 amide bonds. The molecule has 0 aliphatic rings. The van der Waals surface area contributed by atoms with Crippen molar-refractivity contribution in [1.29, 1.82) is 0 Å². The molecule has 0 aliphatic carbocycles. The van der Waals surface area contributed by atoms with Gasteiger partial charge in [-0.05, 0) is 6.07 Å². The molecule has 0 bridgehead atoms. The highest BCUT2D eigenvalue weighted by molar-refractivity contribution is 9.09. The number of benzene rings is 1. The fourth-order valence-electron chi connectivity index (χ4n) is 0.932. The summed E-state index contributed by atoms with van der Waals surface area (Å²) in [6, 6.07) is 4.37. The Morgan fingerprint density at radius 1 is 1.62 bits per heavy atom. The molecule has 0 fully saturated rings. The number of rotatable bonds is 3. The van der Waals surface area contributed by atoms with Gasteiger partial charge in [0.15, 0.2) is 0 Å². The molecular formula is C9H8BrFO2. The number of ether oxygens (including phenoxy) is 1. The highest BCUT2D eigenvalue weighted by atomic mass is 79.9. The minimum atomic E-state index is -0.599. The van der Waals surface area contributed by atoms with Gasteiger partial charge in [0.25, 0.3) is 0 Å². The third-order valence-corrected chi connectivity index (χ3v) is 2.33. The average Bonchev–Trinajstić information content (AvgIpc) is 2.16. The molecule has 1 rings (SSSR count). The van der Waals surface area contributed by atoms with Crippen LogP contribution in [0, 0.1) is 5.82 Å². The van der Waals surface area contributed by atoms with Gasteiger partial charge in [-0.15, -0.1) is 0 Å². The van der Waals surface area contributed by atoms with Crippen LogP contribution in [0.15, 0.2) is 18.2 Å². The van der Waals surface area contributed by atoms with Crippen molar-refractivity contribution in [3.05, 3.63) is 29.6 Å². The highest BCUT2D eigenvalue weighted by Crippen LogP contribution is 2.25. The summed E-state index contributed by atoms with van der Waals surface area (Å²) in [5.74, 6) is -0.0137. The Bertz CT molecular complexity index is 314. The third kappa shape index (κ3) is 2.28. The molecule has 13 heavy (non-hydrogen) atoms. The van der Waals surface area contributed by atoms with E-state index >= 15 is 0 Å². The first kappa shape index (κ1) is 10.2. The van der Waals surface area contributed by atoms with Crippen LogP contribution < -0.4 is 4.74 Å². The van der Waals surface area contributed by atoms with Gasteiger partial charge in [0.2, 0.25) is 0 Å². The van der Waals surface area contributed by atoms with Crippen LogP contribution in [0.3, 0.4) is 0 Å². The van der Waals surface area contributed by atoms with Crippen molar-refractivity contribution < 1.29 is 13.9 Å². The van der Waals surface area contributed by atoms with Gasteiger partial charge in [0, 0.05) is 11.6 Å². The molecule has 1 atom stereocenters. The van der Waals surface area contributed by atoms with E-state index < -0.39 is 10.6 Å². The van der Waals surface area contributed by atoms with Crippen molar-refractivity contribution in [1.82, 2.24) is 0 Å². The first-order chi connectivity index (χ1) is 6.19. The Hall–Kier alpha value is -0.900. The van der Waals surface area contributed by atoms with Crippen LogP contribution in [0.5, 0.6) is 5.75 Å². The maximum absolute atomic E-state index is 13.2. The molecule has 0 N–H and O–H groups in total. The van der Waals surface area contributed by atoms with Crippen molar-refractivity contribution >= 4 is 22.2 Å². The lowest BCUT2D eigenvalue weighted by atomic mass is 10.1. The minimum Gasteiger partial charge on any atom is -0.497 e. The zero-order valence-electron chi connectivity index (χ0n) is 6.96. The first-order valence-corrected chi connectivity index (χ1v) is 4.53. The van der Waals surface area contributed by atoms with Gasteiger partial charge < -0.3 is 9.53 Å². The zero-order chi connectivity index (χ0) is 9.84. The van der Waals surface area contributed by atoms with Crippen LogP contribution in [0.4, 0.5) is 4.39 Å². The van der Waals surface area contributed by atoms with Crippen molar-refractivity contribution in [3.63, 3.8) is 0 Å². The summed E-state index contributed by atoms with van der Waals surface area (Å²) >= 11 is 3.03. The molecule has 1 unspecified atom stereocenters. The predicted octanol–water partition coefficient (Wildman–Crippen LogP) is 2.47. The van der Waals surface area contributed by atoms with Gasteiger partial charge in [-0.3, -0.25) is 0 Å². The van der Waals surface area contributed by atoms with Gasteiger partial charge in [-0.1, -0.05) is 22.0 Å². The summed E-state index contributed by atoms with van der Waals surface area (Å²) in [5, 5.41) is 0. The second-order valence-corrected chi connectivity index (χ2v) is 3.41. The van der Waals surface area contributed by atoms with Crippen LogP contribution >= 0.6 is 15.9 Å². The Morgan fingerprint density at radius 2 is 2.31 bits per heavy atom. The monoisotopic (exact) mass is 246 g/mol. The molecular weight excluding hydrogens is 239 g/mol. The van der Waals surface area contributed by atoms with E-state index in [1.807, 2.05) is 0 Å². The molecule has 1 aromatic carbocycles. The lowest BCUT2D eigenvalue weighted by Crippen LogP contribution is -1.95. The lowest BCUT2D eigenvalue weighted by Gasteiger charge is -2.05. The third-order valence-electron chi connectivity index (χ3n) is 1.62. The number of alkyl halides is 1. The molecule has 0 aliphatic heterocycles. The van der Waals surface area contributed by atoms with E-state index in [1.54, 1.807) is 6.07 Å². The summed E-state index contributed by atoms with van der Waals surface area (Å²) in [6.07, 6.45) is 0.630. The SMILES string of the molecule is COc1ccc(C(Br)C=O)c(F)c1. The second-order valence-electron chi connectivity index (χ2n) is 2.43. The normalized spacial score (nSPS) is 12.2. The number of hydrogen-bond acceptors (Lipinski definition) is 2. The molecule has 70 valence electrons. The average molecular weight is 247 g/mol. The van der Waals surface area contributed by atoms with E-state index in [9.17, 15) is 9.18 Å².